The Morgan fingerprint density at radius 1 is 1.28 bits per heavy atom. The SMILES string of the molecule is C[C@@H]1CN(CC(=O)N2CCNC2=O)CCN1C[C@@H](O)c1ccccc1. The maximum Gasteiger partial charge on any atom is 0.324 e. The minimum Gasteiger partial charge on any atom is -0.387 e. The highest BCUT2D eigenvalue weighted by Crippen LogP contribution is 2.18. The number of hydrogen-bond donors (Lipinski definition) is 2. The van der Waals surface area contributed by atoms with Crippen LogP contribution in [0.3, 0.4) is 0 Å². The third kappa shape index (κ3) is 4.36. The molecule has 2 aliphatic heterocycles. The van der Waals surface area contributed by atoms with Crippen molar-refractivity contribution < 1.29 is 14.7 Å². The molecule has 0 bridgehead atoms. The largest absolute Gasteiger partial charge is 0.387 e. The first kappa shape index (κ1) is 17.8. The number of piperazine rings is 1. The number of benzene rings is 1. The second-order valence-corrected chi connectivity index (χ2v) is 6.78. The van der Waals surface area contributed by atoms with E-state index in [9.17, 15) is 14.7 Å². The van der Waals surface area contributed by atoms with Crippen LogP contribution in [0.15, 0.2) is 30.3 Å². The van der Waals surface area contributed by atoms with Crippen molar-refractivity contribution in [1.29, 1.82) is 0 Å². The van der Waals surface area contributed by atoms with Gasteiger partial charge in [-0.05, 0) is 12.5 Å². The Hall–Kier alpha value is -1.96. The van der Waals surface area contributed by atoms with Crippen LogP contribution in [0, 0.1) is 0 Å². The summed E-state index contributed by atoms with van der Waals surface area (Å²) in [7, 11) is 0. The number of imide groups is 1. The van der Waals surface area contributed by atoms with Crippen molar-refractivity contribution in [2.45, 2.75) is 19.1 Å². The van der Waals surface area contributed by atoms with Crippen molar-refractivity contribution in [3.05, 3.63) is 35.9 Å². The van der Waals surface area contributed by atoms with E-state index >= 15 is 0 Å². The first-order valence-corrected chi connectivity index (χ1v) is 8.82. The molecule has 2 aliphatic rings. The molecule has 1 aromatic carbocycles. The van der Waals surface area contributed by atoms with Gasteiger partial charge in [0.25, 0.3) is 0 Å². The number of carbonyl (C=O) groups excluding carboxylic acids is 2. The lowest BCUT2D eigenvalue weighted by Gasteiger charge is -2.40. The Bertz CT molecular complexity index is 610. The van der Waals surface area contributed by atoms with Gasteiger partial charge in [0.1, 0.15) is 0 Å². The highest BCUT2D eigenvalue weighted by atomic mass is 16.3. The minimum atomic E-state index is -0.509. The maximum absolute atomic E-state index is 12.2. The summed E-state index contributed by atoms with van der Waals surface area (Å²) in [5.74, 6) is -0.139. The van der Waals surface area contributed by atoms with Crippen molar-refractivity contribution in [3.8, 4) is 0 Å². The van der Waals surface area contributed by atoms with Crippen LogP contribution >= 0.6 is 0 Å². The summed E-state index contributed by atoms with van der Waals surface area (Å²) < 4.78 is 0. The smallest absolute Gasteiger partial charge is 0.324 e. The number of rotatable bonds is 5. The molecule has 0 saturated carbocycles. The van der Waals surface area contributed by atoms with E-state index in [2.05, 4.69) is 22.0 Å². The highest BCUT2D eigenvalue weighted by molar-refractivity contribution is 5.96. The zero-order chi connectivity index (χ0) is 17.8. The van der Waals surface area contributed by atoms with E-state index in [0.717, 1.165) is 25.2 Å². The monoisotopic (exact) mass is 346 g/mol. The zero-order valence-electron chi connectivity index (χ0n) is 14.6. The quantitative estimate of drug-likeness (QED) is 0.801. The molecule has 2 fully saturated rings. The summed E-state index contributed by atoms with van der Waals surface area (Å²) in [6.07, 6.45) is -0.509. The fourth-order valence-corrected chi connectivity index (χ4v) is 3.47. The summed E-state index contributed by atoms with van der Waals surface area (Å²) >= 11 is 0. The summed E-state index contributed by atoms with van der Waals surface area (Å²) in [4.78, 5) is 29.4. The third-order valence-corrected chi connectivity index (χ3v) is 4.96. The van der Waals surface area contributed by atoms with Crippen molar-refractivity contribution in [2.24, 2.45) is 0 Å². The van der Waals surface area contributed by atoms with Crippen molar-refractivity contribution >= 4 is 11.9 Å². The van der Waals surface area contributed by atoms with Gasteiger partial charge in [-0.25, -0.2) is 4.79 Å². The molecule has 1 aromatic rings. The number of aliphatic hydroxyl groups is 1. The van der Waals surface area contributed by atoms with Crippen molar-refractivity contribution in [2.75, 3.05) is 45.8 Å². The Morgan fingerprint density at radius 2 is 2.04 bits per heavy atom. The molecular formula is C18H26N4O3. The number of aliphatic hydroxyl groups excluding tert-OH is 1. The van der Waals surface area contributed by atoms with Crippen LogP contribution in [0.25, 0.3) is 0 Å². The number of β-amino-alcohol motifs (C(OH)–C–C–N with tert-alkyl or cyclic N) is 1. The number of urea groups is 1. The van der Waals surface area contributed by atoms with E-state index in [-0.39, 0.29) is 24.5 Å². The van der Waals surface area contributed by atoms with Crippen LogP contribution in [0.4, 0.5) is 4.79 Å². The molecule has 0 aliphatic carbocycles. The number of nitrogens with one attached hydrogen (secondary N) is 1. The lowest BCUT2D eigenvalue weighted by atomic mass is 10.1. The normalized spacial score (nSPS) is 23.5. The lowest BCUT2D eigenvalue weighted by Crippen LogP contribution is -2.55. The second-order valence-electron chi connectivity index (χ2n) is 6.78. The summed E-state index contributed by atoms with van der Waals surface area (Å²) in [6, 6.07) is 9.63. The molecule has 0 aromatic heterocycles. The zero-order valence-corrected chi connectivity index (χ0v) is 14.6. The van der Waals surface area contributed by atoms with Crippen molar-refractivity contribution in [1.82, 2.24) is 20.0 Å². The fraction of sp³-hybridized carbons (Fsp3) is 0.556. The Labute approximate surface area is 148 Å². The molecule has 0 unspecified atom stereocenters. The van der Waals surface area contributed by atoms with Gasteiger partial charge in [-0.3, -0.25) is 19.5 Å². The van der Waals surface area contributed by atoms with Crippen molar-refractivity contribution in [3.63, 3.8) is 0 Å². The fourth-order valence-electron chi connectivity index (χ4n) is 3.47. The first-order valence-electron chi connectivity index (χ1n) is 8.82. The molecule has 25 heavy (non-hydrogen) atoms. The van der Waals surface area contributed by atoms with Gasteiger partial charge in [-0.1, -0.05) is 30.3 Å². The highest BCUT2D eigenvalue weighted by Gasteiger charge is 2.30. The Kier molecular flexibility index (Phi) is 5.67. The summed E-state index contributed by atoms with van der Waals surface area (Å²) in [6.45, 7) is 6.26. The molecule has 3 amide bonds. The maximum atomic E-state index is 12.2. The molecule has 3 rings (SSSR count). The molecule has 2 heterocycles. The molecule has 136 valence electrons. The van der Waals surface area contributed by atoms with Gasteiger partial charge >= 0.3 is 6.03 Å². The molecule has 2 saturated heterocycles. The molecule has 2 atom stereocenters. The average Bonchev–Trinajstić information content (AvgIpc) is 3.04. The van der Waals surface area contributed by atoms with E-state index in [1.54, 1.807) is 0 Å². The van der Waals surface area contributed by atoms with Crippen LogP contribution < -0.4 is 5.32 Å². The van der Waals surface area contributed by atoms with Gasteiger partial charge in [-0.2, -0.15) is 0 Å². The molecule has 7 nitrogen and oxygen atoms in total. The first-order chi connectivity index (χ1) is 12.0. The van der Waals surface area contributed by atoms with E-state index in [0.29, 0.717) is 19.6 Å². The van der Waals surface area contributed by atoms with Crippen LogP contribution in [0.5, 0.6) is 0 Å². The van der Waals surface area contributed by atoms with Gasteiger partial charge in [-0.15, -0.1) is 0 Å². The number of hydrogen-bond acceptors (Lipinski definition) is 5. The van der Waals surface area contributed by atoms with Gasteiger partial charge in [0.2, 0.25) is 5.91 Å². The van der Waals surface area contributed by atoms with Gasteiger partial charge in [0, 0.05) is 45.3 Å². The molecule has 7 heteroatoms. The number of carbonyl (C=O) groups is 2. The van der Waals surface area contributed by atoms with E-state index in [1.165, 1.54) is 4.90 Å². The van der Waals surface area contributed by atoms with Gasteiger partial charge < -0.3 is 10.4 Å². The van der Waals surface area contributed by atoms with Gasteiger partial charge in [0.05, 0.1) is 12.6 Å². The van der Waals surface area contributed by atoms with E-state index < -0.39 is 6.10 Å². The lowest BCUT2D eigenvalue weighted by molar-refractivity contribution is -0.129. The summed E-state index contributed by atoms with van der Waals surface area (Å²) in [5.41, 5.74) is 0.923. The molecular weight excluding hydrogens is 320 g/mol. The standard InChI is InChI=1S/C18H26N4O3/c1-14-11-20(13-17(24)22-8-7-19-18(22)25)9-10-21(14)12-16(23)15-5-3-2-4-6-15/h2-6,14,16,23H,7-13H2,1H3,(H,19,25)/t14-,16-/m1/s1. The minimum absolute atomic E-state index is 0.139. The Balaban J connectivity index is 1.49. The van der Waals surface area contributed by atoms with E-state index in [1.807, 2.05) is 30.3 Å². The van der Waals surface area contributed by atoms with Gasteiger partial charge in [0.15, 0.2) is 0 Å². The third-order valence-electron chi connectivity index (χ3n) is 4.96. The second kappa shape index (κ2) is 7.95. The predicted octanol–water partition coefficient (Wildman–Crippen LogP) is 0.278. The topological polar surface area (TPSA) is 76.1 Å². The summed E-state index contributed by atoms with van der Waals surface area (Å²) in [5, 5.41) is 13.1. The number of nitrogens with zero attached hydrogens (tertiary/aromatic N) is 3. The molecule has 0 radical (unpaired) electrons. The Morgan fingerprint density at radius 3 is 2.68 bits per heavy atom. The van der Waals surface area contributed by atoms with E-state index in [4.69, 9.17) is 0 Å². The number of amides is 3. The average molecular weight is 346 g/mol. The molecule has 2 N–H and O–H groups in total. The van der Waals surface area contributed by atoms with Crippen LogP contribution in [-0.4, -0.2) is 83.6 Å². The van der Waals surface area contributed by atoms with Crippen LogP contribution in [-0.2, 0) is 4.79 Å². The molecule has 0 spiro atoms. The van der Waals surface area contributed by atoms with Crippen LogP contribution in [0.2, 0.25) is 0 Å². The predicted molar refractivity (Wildman–Crippen MR) is 94.0 cm³/mol. The van der Waals surface area contributed by atoms with Crippen LogP contribution in [0.1, 0.15) is 18.6 Å².